The quantitative estimate of drug-likeness (QED) is 0.540. The summed E-state index contributed by atoms with van der Waals surface area (Å²) in [6, 6.07) is 11.7. The Bertz CT molecular complexity index is 1140. The van der Waals surface area contributed by atoms with Crippen LogP contribution in [0.3, 0.4) is 0 Å². The molecule has 0 bridgehead atoms. The molecule has 0 unspecified atom stereocenters. The van der Waals surface area contributed by atoms with Crippen LogP contribution in [-0.4, -0.2) is 34.7 Å². The number of ether oxygens (including phenoxy) is 2. The maximum Gasteiger partial charge on any atom is 0.339 e. The minimum Gasteiger partial charge on any atom is -0.496 e. The van der Waals surface area contributed by atoms with Crippen LogP contribution >= 0.6 is 11.6 Å². The molecule has 9 heteroatoms. The molecule has 0 saturated carbocycles. The largest absolute Gasteiger partial charge is 0.496 e. The predicted octanol–water partition coefficient (Wildman–Crippen LogP) is 4.90. The lowest BCUT2D eigenvalue weighted by Gasteiger charge is -2.26. The average molecular weight is 458 g/mol. The first-order valence-corrected chi connectivity index (χ1v) is 10.4. The summed E-state index contributed by atoms with van der Waals surface area (Å²) in [6.45, 7) is 0.593. The molecular weight excluding hydrogens is 437 g/mol. The van der Waals surface area contributed by atoms with Gasteiger partial charge in [-0.2, -0.15) is 0 Å². The number of methoxy groups -OCH3 is 1. The summed E-state index contributed by atoms with van der Waals surface area (Å²) in [6.07, 6.45) is 3.12. The molecule has 1 N–H and O–H groups in total. The Morgan fingerprint density at radius 2 is 2.12 bits per heavy atom. The molecule has 32 heavy (non-hydrogen) atoms. The lowest BCUT2D eigenvalue weighted by molar-refractivity contribution is 0.0692. The van der Waals surface area contributed by atoms with Gasteiger partial charge in [-0.05, 0) is 31.0 Å². The van der Waals surface area contributed by atoms with Crippen molar-refractivity contribution in [2.75, 3.05) is 18.6 Å². The lowest BCUT2D eigenvalue weighted by atomic mass is 10.0. The number of hydrogen-bond acceptors (Lipinski definition) is 6. The molecule has 0 radical (unpaired) electrons. The van der Waals surface area contributed by atoms with Crippen molar-refractivity contribution in [3.8, 4) is 11.5 Å². The van der Waals surface area contributed by atoms with Gasteiger partial charge in [0.25, 0.3) is 0 Å². The zero-order chi connectivity index (χ0) is 22.7. The van der Waals surface area contributed by atoms with Gasteiger partial charge < -0.3 is 19.5 Å². The number of anilines is 1. The minimum absolute atomic E-state index is 0.00602. The Labute approximate surface area is 189 Å². The number of rotatable bonds is 7. The van der Waals surface area contributed by atoms with Crippen molar-refractivity contribution in [1.82, 2.24) is 9.97 Å². The van der Waals surface area contributed by atoms with E-state index in [2.05, 4.69) is 9.97 Å². The fraction of sp³-hybridized carbons (Fsp3) is 0.261. The first-order chi connectivity index (χ1) is 15.5. The van der Waals surface area contributed by atoms with Gasteiger partial charge in [-0.3, -0.25) is 0 Å². The van der Waals surface area contributed by atoms with Crippen molar-refractivity contribution >= 4 is 23.5 Å². The van der Waals surface area contributed by atoms with Gasteiger partial charge >= 0.3 is 5.97 Å². The van der Waals surface area contributed by atoms with Gasteiger partial charge in [-0.25, -0.2) is 19.2 Å². The van der Waals surface area contributed by atoms with E-state index in [1.807, 2.05) is 29.2 Å². The number of halogens is 2. The number of carbonyl (C=O) groups is 1. The van der Waals surface area contributed by atoms with E-state index in [0.29, 0.717) is 11.7 Å². The molecule has 0 amide bonds. The van der Waals surface area contributed by atoms with Gasteiger partial charge in [0.15, 0.2) is 0 Å². The number of carboxylic acids is 1. The van der Waals surface area contributed by atoms with Gasteiger partial charge in [0.05, 0.1) is 23.9 Å². The van der Waals surface area contributed by atoms with Crippen molar-refractivity contribution in [3.05, 3.63) is 76.3 Å². The topological polar surface area (TPSA) is 84.8 Å². The summed E-state index contributed by atoms with van der Waals surface area (Å²) in [4.78, 5) is 22.6. The number of aromatic carboxylic acids is 1. The fourth-order valence-electron chi connectivity index (χ4n) is 3.82. The Kier molecular flexibility index (Phi) is 6.41. The second-order valence-electron chi connectivity index (χ2n) is 7.29. The van der Waals surface area contributed by atoms with Crippen LogP contribution in [0, 0.1) is 5.82 Å². The third-order valence-electron chi connectivity index (χ3n) is 5.36. The fourth-order valence-corrected chi connectivity index (χ4v) is 3.99. The average Bonchev–Trinajstić information content (AvgIpc) is 3.29. The monoisotopic (exact) mass is 457 g/mol. The molecule has 1 fully saturated rings. The highest BCUT2D eigenvalue weighted by Crippen LogP contribution is 2.38. The van der Waals surface area contributed by atoms with Crippen molar-refractivity contribution in [2.24, 2.45) is 0 Å². The van der Waals surface area contributed by atoms with E-state index in [-0.39, 0.29) is 28.9 Å². The van der Waals surface area contributed by atoms with Gasteiger partial charge in [0, 0.05) is 24.4 Å². The summed E-state index contributed by atoms with van der Waals surface area (Å²) >= 11 is 5.80. The van der Waals surface area contributed by atoms with E-state index in [1.54, 1.807) is 7.11 Å². The minimum atomic E-state index is -1.16. The van der Waals surface area contributed by atoms with Crippen molar-refractivity contribution in [2.45, 2.75) is 25.5 Å². The Morgan fingerprint density at radius 3 is 2.88 bits per heavy atom. The molecule has 4 rings (SSSR count). The van der Waals surface area contributed by atoms with Crippen LogP contribution in [0.15, 0.2) is 48.7 Å². The second kappa shape index (κ2) is 9.40. The van der Waals surface area contributed by atoms with Crippen LogP contribution < -0.4 is 14.4 Å². The molecule has 2 aromatic carbocycles. The predicted molar refractivity (Wildman–Crippen MR) is 117 cm³/mol. The van der Waals surface area contributed by atoms with Crippen molar-refractivity contribution in [1.29, 1.82) is 0 Å². The maximum absolute atomic E-state index is 13.4. The first-order valence-electron chi connectivity index (χ1n) is 10.0. The number of nitrogens with zero attached hydrogens (tertiary/aromatic N) is 3. The molecule has 2 heterocycles. The third kappa shape index (κ3) is 4.45. The van der Waals surface area contributed by atoms with Crippen LogP contribution in [-0.2, 0) is 6.61 Å². The molecule has 1 aliphatic heterocycles. The summed E-state index contributed by atoms with van der Waals surface area (Å²) in [7, 11) is 1.63. The summed E-state index contributed by atoms with van der Waals surface area (Å²) < 4.78 is 24.5. The molecule has 1 aromatic heterocycles. The molecule has 1 aliphatic rings. The van der Waals surface area contributed by atoms with Gasteiger partial charge in [-0.15, -0.1) is 0 Å². The van der Waals surface area contributed by atoms with E-state index in [0.717, 1.165) is 30.7 Å². The van der Waals surface area contributed by atoms with Crippen molar-refractivity contribution < 1.29 is 23.8 Å². The smallest absolute Gasteiger partial charge is 0.339 e. The molecule has 0 spiro atoms. The van der Waals surface area contributed by atoms with Crippen LogP contribution in [0.25, 0.3) is 0 Å². The Morgan fingerprint density at radius 1 is 1.31 bits per heavy atom. The van der Waals surface area contributed by atoms with E-state index in [1.165, 1.54) is 24.4 Å². The zero-order valence-corrected chi connectivity index (χ0v) is 18.1. The van der Waals surface area contributed by atoms with Gasteiger partial charge in [0.2, 0.25) is 5.95 Å². The molecule has 3 aromatic rings. The lowest BCUT2D eigenvalue weighted by Crippen LogP contribution is -2.26. The summed E-state index contributed by atoms with van der Waals surface area (Å²) in [5.74, 6) is -0.218. The van der Waals surface area contributed by atoms with Gasteiger partial charge in [0.1, 0.15) is 29.5 Å². The molecule has 7 nitrogen and oxygen atoms in total. The number of aromatic nitrogens is 2. The highest BCUT2D eigenvalue weighted by atomic mass is 35.5. The number of benzene rings is 2. The molecule has 0 aliphatic carbocycles. The van der Waals surface area contributed by atoms with Crippen LogP contribution in [0.2, 0.25) is 5.02 Å². The van der Waals surface area contributed by atoms with Crippen LogP contribution in [0.1, 0.15) is 40.5 Å². The zero-order valence-electron chi connectivity index (χ0n) is 17.3. The highest BCUT2D eigenvalue weighted by Gasteiger charge is 2.31. The van der Waals surface area contributed by atoms with Crippen LogP contribution in [0.4, 0.5) is 10.3 Å². The van der Waals surface area contributed by atoms with E-state index in [9.17, 15) is 14.3 Å². The summed E-state index contributed by atoms with van der Waals surface area (Å²) in [5.41, 5.74) is 1.18. The van der Waals surface area contributed by atoms with Gasteiger partial charge in [-0.1, -0.05) is 29.8 Å². The standard InChI is InChI=1S/C23H21ClFN3O4/c1-31-21-7-3-2-5-15(21)20-6-4-10-28(20)23-26-12-16(22(29)30)19(27-23)13-32-14-8-9-18(25)17(24)11-14/h2-3,5,7-9,11-12,20H,4,6,10,13H2,1H3,(H,29,30)/t20-/m1/s1. The van der Waals surface area contributed by atoms with E-state index < -0.39 is 11.8 Å². The number of hydrogen-bond donors (Lipinski definition) is 1. The van der Waals surface area contributed by atoms with E-state index >= 15 is 0 Å². The molecule has 1 atom stereocenters. The molecule has 166 valence electrons. The van der Waals surface area contributed by atoms with Crippen LogP contribution in [0.5, 0.6) is 11.5 Å². The van der Waals surface area contributed by atoms with Crippen molar-refractivity contribution in [3.63, 3.8) is 0 Å². The molecular formula is C23H21ClFN3O4. The first kappa shape index (κ1) is 21.8. The highest BCUT2D eigenvalue weighted by molar-refractivity contribution is 6.30. The Hall–Kier alpha value is -3.39. The van der Waals surface area contributed by atoms with E-state index in [4.69, 9.17) is 21.1 Å². The normalized spacial score (nSPS) is 15.6. The summed E-state index contributed by atoms with van der Waals surface area (Å²) in [5, 5.41) is 9.48. The number of para-hydroxylation sites is 1. The Balaban J connectivity index is 1.63. The number of carboxylic acid groups (broad SMARTS) is 1. The SMILES string of the molecule is COc1ccccc1[C@H]1CCCN1c1ncc(C(=O)O)c(COc2ccc(F)c(Cl)c2)n1. The second-order valence-corrected chi connectivity index (χ2v) is 7.70. The molecule has 1 saturated heterocycles. The third-order valence-corrected chi connectivity index (χ3v) is 5.65. The maximum atomic E-state index is 13.4.